The molecule has 0 bridgehead atoms. The zero-order chi connectivity index (χ0) is 23.1. The molecule has 5 rings (SSSR count). The van der Waals surface area contributed by atoms with Crippen molar-refractivity contribution in [2.75, 3.05) is 31.1 Å². The molecule has 8 heteroatoms. The lowest BCUT2D eigenvalue weighted by atomic mass is 9.95. The van der Waals surface area contributed by atoms with Crippen molar-refractivity contribution in [1.82, 2.24) is 9.88 Å². The molecule has 2 aromatic carbocycles. The summed E-state index contributed by atoms with van der Waals surface area (Å²) in [7, 11) is 0. The fourth-order valence-electron chi connectivity index (χ4n) is 4.54. The minimum absolute atomic E-state index is 0.0583. The van der Waals surface area contributed by atoms with Gasteiger partial charge in [0.25, 0.3) is 0 Å². The van der Waals surface area contributed by atoms with Crippen LogP contribution in [0, 0.1) is 13.5 Å². The maximum atomic E-state index is 12.9. The summed E-state index contributed by atoms with van der Waals surface area (Å²) in [5, 5.41) is 11.7. The summed E-state index contributed by atoms with van der Waals surface area (Å²) < 4.78 is 5.10. The van der Waals surface area contributed by atoms with Crippen LogP contribution in [0.1, 0.15) is 33.2 Å². The van der Waals surface area contributed by atoms with E-state index in [2.05, 4.69) is 9.83 Å². The van der Waals surface area contributed by atoms with Crippen molar-refractivity contribution >= 4 is 34.2 Å². The van der Waals surface area contributed by atoms with Crippen LogP contribution in [0.15, 0.2) is 42.6 Å². The number of pyridine rings is 1. The lowest BCUT2D eigenvalue weighted by molar-refractivity contribution is -0.121. The number of aliphatic hydroxyl groups is 1. The lowest BCUT2D eigenvalue weighted by Crippen LogP contribution is -2.51. The first-order valence-electron chi connectivity index (χ1n) is 10.7. The van der Waals surface area contributed by atoms with Gasteiger partial charge in [-0.3, -0.25) is 14.7 Å². The van der Waals surface area contributed by atoms with Crippen molar-refractivity contribution in [2.24, 2.45) is 0 Å². The summed E-state index contributed by atoms with van der Waals surface area (Å²) in [5.41, 5.74) is 4.97. The Morgan fingerprint density at radius 2 is 2.06 bits per heavy atom. The van der Waals surface area contributed by atoms with E-state index in [0.717, 1.165) is 33.3 Å². The number of carbonyl (C=O) groups excluding carboxylic acids is 2. The van der Waals surface area contributed by atoms with Crippen LogP contribution < -0.4 is 4.90 Å². The average Bonchev–Trinajstić information content (AvgIpc) is 3.20. The van der Waals surface area contributed by atoms with Crippen LogP contribution in [-0.4, -0.2) is 53.0 Å². The zero-order valence-electron chi connectivity index (χ0n) is 18.1. The Morgan fingerprint density at radius 3 is 2.85 bits per heavy atom. The minimum Gasteiger partial charge on any atom is -0.457 e. The number of anilines is 1. The number of hydrogen-bond donors (Lipinski definition) is 1. The summed E-state index contributed by atoms with van der Waals surface area (Å²) in [4.78, 5) is 36.1. The first-order valence-corrected chi connectivity index (χ1v) is 10.7. The summed E-state index contributed by atoms with van der Waals surface area (Å²) in [5.74, 6) is -0.386. The molecule has 33 heavy (non-hydrogen) atoms. The molecule has 1 atom stereocenters. The number of carbonyl (C=O) groups is 2. The van der Waals surface area contributed by atoms with E-state index in [9.17, 15) is 14.7 Å². The van der Waals surface area contributed by atoms with Gasteiger partial charge in [0.15, 0.2) is 5.69 Å². The first kappa shape index (κ1) is 21.1. The van der Waals surface area contributed by atoms with E-state index in [-0.39, 0.29) is 25.0 Å². The highest BCUT2D eigenvalue weighted by Gasteiger charge is 2.29. The molecule has 0 radical (unpaired) electrons. The van der Waals surface area contributed by atoms with Gasteiger partial charge in [-0.25, -0.2) is 9.64 Å². The van der Waals surface area contributed by atoms with Crippen LogP contribution >= 0.6 is 0 Å². The Hall–Kier alpha value is -3.80. The summed E-state index contributed by atoms with van der Waals surface area (Å²) in [6.07, 6.45) is 0.889. The largest absolute Gasteiger partial charge is 0.457 e. The Kier molecular flexibility index (Phi) is 5.29. The van der Waals surface area contributed by atoms with Gasteiger partial charge >= 0.3 is 5.97 Å². The predicted molar refractivity (Wildman–Crippen MR) is 122 cm³/mol. The number of aliphatic hydroxyl groups excluding tert-OH is 1. The molecule has 1 saturated heterocycles. The minimum atomic E-state index is -0.774. The van der Waals surface area contributed by atoms with E-state index in [4.69, 9.17) is 11.3 Å². The fourth-order valence-corrected chi connectivity index (χ4v) is 4.54. The van der Waals surface area contributed by atoms with Gasteiger partial charge in [0, 0.05) is 25.2 Å². The van der Waals surface area contributed by atoms with Gasteiger partial charge in [0.2, 0.25) is 5.91 Å². The molecule has 1 amide bonds. The maximum Gasteiger partial charge on any atom is 0.338 e. The van der Waals surface area contributed by atoms with Crippen molar-refractivity contribution in [3.63, 3.8) is 0 Å². The molecule has 1 N–H and O–H groups in total. The molecular weight excluding hydrogens is 420 g/mol. The number of amides is 1. The smallest absolute Gasteiger partial charge is 0.338 e. The number of benzene rings is 2. The Morgan fingerprint density at radius 1 is 1.21 bits per heavy atom. The SMILES string of the molecule is [C-]#[N+]c1ccc2cc(N3CCN(C[C@H](O)c4ccc5c(c4C)COC5=O)CC3=O)cnc2c1. The summed E-state index contributed by atoms with van der Waals surface area (Å²) in [6, 6.07) is 10.7. The van der Waals surface area contributed by atoms with Crippen molar-refractivity contribution in [3.8, 4) is 0 Å². The van der Waals surface area contributed by atoms with Gasteiger partial charge in [-0.1, -0.05) is 18.2 Å². The van der Waals surface area contributed by atoms with Crippen LogP contribution in [0.2, 0.25) is 0 Å². The molecule has 3 heterocycles. The van der Waals surface area contributed by atoms with Crippen molar-refractivity contribution in [3.05, 3.63) is 76.3 Å². The number of esters is 1. The van der Waals surface area contributed by atoms with E-state index in [1.165, 1.54) is 0 Å². The second-order valence-corrected chi connectivity index (χ2v) is 8.36. The maximum absolute atomic E-state index is 12.9. The predicted octanol–water partition coefficient (Wildman–Crippen LogP) is 3.15. The molecule has 8 nitrogen and oxygen atoms in total. The second kappa shape index (κ2) is 8.28. The van der Waals surface area contributed by atoms with Gasteiger partial charge in [-0.05, 0) is 41.6 Å². The normalized spacial score (nSPS) is 17.1. The van der Waals surface area contributed by atoms with Crippen LogP contribution in [-0.2, 0) is 16.1 Å². The topological polar surface area (TPSA) is 87.3 Å². The van der Waals surface area contributed by atoms with Crippen molar-refractivity contribution < 1.29 is 19.4 Å². The number of nitrogens with zero attached hydrogens (tertiary/aromatic N) is 4. The van der Waals surface area contributed by atoms with Gasteiger partial charge in [-0.2, -0.15) is 0 Å². The highest BCUT2D eigenvalue weighted by atomic mass is 16.5. The average molecular weight is 442 g/mol. The van der Waals surface area contributed by atoms with Gasteiger partial charge < -0.3 is 14.7 Å². The summed E-state index contributed by atoms with van der Waals surface area (Å²) in [6.45, 7) is 10.9. The number of piperazine rings is 1. The number of β-amino-alcohol motifs (C(OH)–C–C–N with tert-alkyl or cyclic N) is 1. The molecular formula is C25H22N4O4. The van der Waals surface area contributed by atoms with E-state index >= 15 is 0 Å². The third-order valence-electron chi connectivity index (χ3n) is 6.39. The molecule has 0 spiro atoms. The van der Waals surface area contributed by atoms with Crippen molar-refractivity contribution in [2.45, 2.75) is 19.6 Å². The monoisotopic (exact) mass is 442 g/mol. The molecule has 1 aromatic heterocycles. The molecule has 166 valence electrons. The number of ether oxygens (including phenoxy) is 1. The standard InChI is InChI=1S/C25H22N4O4/c1-15-19(5-6-20-21(15)14-33-25(20)32)23(30)12-28-7-8-29(24(31)13-28)18-9-16-3-4-17(26-2)10-22(16)27-11-18/h3-6,9-11,23,30H,7-8,12-14H2,1H3/t23-/m0/s1. The van der Waals surface area contributed by atoms with Gasteiger partial charge in [0.1, 0.15) is 6.61 Å². The van der Waals surface area contributed by atoms with E-state index in [1.54, 1.807) is 35.4 Å². The fraction of sp³-hybridized carbons (Fsp3) is 0.280. The first-order chi connectivity index (χ1) is 15.9. The van der Waals surface area contributed by atoms with Crippen molar-refractivity contribution in [1.29, 1.82) is 0 Å². The van der Waals surface area contributed by atoms with E-state index in [0.29, 0.717) is 30.9 Å². The quantitative estimate of drug-likeness (QED) is 0.493. The van der Waals surface area contributed by atoms with E-state index < -0.39 is 6.10 Å². The second-order valence-electron chi connectivity index (χ2n) is 8.36. The number of aromatic nitrogens is 1. The Balaban J connectivity index is 1.27. The van der Waals surface area contributed by atoms with Crippen LogP contribution in [0.4, 0.5) is 11.4 Å². The highest BCUT2D eigenvalue weighted by molar-refractivity contribution is 5.97. The van der Waals surface area contributed by atoms with Crippen LogP contribution in [0.3, 0.4) is 0 Å². The Labute approximate surface area is 190 Å². The van der Waals surface area contributed by atoms with Gasteiger partial charge in [0.05, 0.1) is 42.2 Å². The third kappa shape index (κ3) is 3.82. The number of hydrogen-bond acceptors (Lipinski definition) is 6. The molecule has 0 aliphatic carbocycles. The number of fused-ring (bicyclic) bond motifs is 2. The Bertz CT molecular complexity index is 1330. The molecule has 0 saturated carbocycles. The third-order valence-corrected chi connectivity index (χ3v) is 6.39. The molecule has 0 unspecified atom stereocenters. The molecule has 1 fully saturated rings. The number of rotatable bonds is 4. The molecule has 2 aliphatic rings. The molecule has 3 aromatic rings. The summed E-state index contributed by atoms with van der Waals surface area (Å²) >= 11 is 0. The lowest BCUT2D eigenvalue weighted by Gasteiger charge is -2.35. The zero-order valence-corrected chi connectivity index (χ0v) is 18.1. The number of cyclic esters (lactones) is 1. The van der Waals surface area contributed by atoms with Crippen LogP contribution in [0.25, 0.3) is 15.7 Å². The van der Waals surface area contributed by atoms with Crippen LogP contribution in [0.5, 0.6) is 0 Å². The molecule has 2 aliphatic heterocycles. The highest BCUT2D eigenvalue weighted by Crippen LogP contribution is 2.30. The van der Waals surface area contributed by atoms with Gasteiger partial charge in [-0.15, -0.1) is 0 Å². The van der Waals surface area contributed by atoms with E-state index in [1.807, 2.05) is 24.0 Å².